The van der Waals surface area contributed by atoms with Crippen LogP contribution in [0.4, 0.5) is 13.6 Å². The first-order valence-electron chi connectivity index (χ1n) is 11.4. The zero-order chi connectivity index (χ0) is 25.2. The molecule has 1 aliphatic rings. The summed E-state index contributed by atoms with van der Waals surface area (Å²) in [6, 6.07) is 12.7. The molecule has 5 rings (SSSR count). The largest absolute Gasteiger partial charge is 0.333 e. The molecule has 5 nitrogen and oxygen atoms in total. The first-order chi connectivity index (χ1) is 17.4. The number of nitrogens with one attached hydrogen (secondary N) is 1. The van der Waals surface area contributed by atoms with Crippen LogP contribution >= 0.6 is 23.2 Å². The molecular formula is C27H22Cl2F2N4O. The van der Waals surface area contributed by atoms with Crippen molar-refractivity contribution in [3.63, 3.8) is 0 Å². The lowest BCUT2D eigenvalue weighted by atomic mass is 10.0. The Kier molecular flexibility index (Phi) is 7.05. The van der Waals surface area contributed by atoms with Crippen LogP contribution in [0.1, 0.15) is 22.4 Å². The average Bonchev–Trinajstić information content (AvgIpc) is 3.18. The molecule has 1 aliphatic heterocycles. The van der Waals surface area contributed by atoms with Crippen molar-refractivity contribution < 1.29 is 13.6 Å². The minimum atomic E-state index is -0.866. The summed E-state index contributed by atoms with van der Waals surface area (Å²) in [7, 11) is 0. The number of hydrogen-bond donors (Lipinski definition) is 1. The van der Waals surface area contributed by atoms with E-state index in [1.165, 1.54) is 12.1 Å². The third-order valence-corrected chi connectivity index (χ3v) is 6.69. The van der Waals surface area contributed by atoms with E-state index in [0.29, 0.717) is 41.8 Å². The minimum absolute atomic E-state index is 0.219. The van der Waals surface area contributed by atoms with Gasteiger partial charge in [0.05, 0.1) is 5.52 Å². The summed E-state index contributed by atoms with van der Waals surface area (Å²) >= 11 is 12.3. The number of pyridine rings is 1. The summed E-state index contributed by atoms with van der Waals surface area (Å²) in [5, 5.41) is 4.89. The molecule has 36 heavy (non-hydrogen) atoms. The monoisotopic (exact) mass is 526 g/mol. The molecule has 0 aliphatic carbocycles. The van der Waals surface area contributed by atoms with Crippen LogP contribution in [0, 0.1) is 11.6 Å². The second-order valence-electron chi connectivity index (χ2n) is 8.63. The average molecular weight is 527 g/mol. The molecule has 2 aromatic heterocycles. The molecule has 2 aromatic carbocycles. The van der Waals surface area contributed by atoms with Crippen LogP contribution < -0.4 is 5.32 Å². The number of carbonyl (C=O) groups is 1. The number of fused-ring (bicyclic) bond motifs is 3. The third kappa shape index (κ3) is 5.14. The highest BCUT2D eigenvalue weighted by molar-refractivity contribution is 6.31. The molecule has 0 saturated heterocycles. The van der Waals surface area contributed by atoms with Gasteiger partial charge in [-0.15, -0.1) is 0 Å². The van der Waals surface area contributed by atoms with E-state index in [-0.39, 0.29) is 6.03 Å². The predicted octanol–water partition coefficient (Wildman–Crippen LogP) is 6.45. The fraction of sp³-hybridized carbons (Fsp3) is 0.185. The number of nitrogens with zero attached hydrogens (tertiary/aromatic N) is 3. The maximum atomic E-state index is 13.5. The van der Waals surface area contributed by atoms with E-state index in [4.69, 9.17) is 23.2 Å². The van der Waals surface area contributed by atoms with Gasteiger partial charge >= 0.3 is 6.03 Å². The molecule has 0 bridgehead atoms. The molecule has 9 heteroatoms. The standard InChI is InChI=1S/C27H22Cl2F2N4O/c28-19-4-6-24-20(14-19)21-16-34(10-1-2-17-3-5-22(30)23(31)12-17)11-8-25(21)35(24)27(36)33-15-18-7-9-32-26(29)13-18/h1-7,9,12-14H,8,10-11,15-16H2,(H,33,36)/b2-1+. The van der Waals surface area contributed by atoms with Crippen molar-refractivity contribution in [1.82, 2.24) is 19.8 Å². The molecule has 184 valence electrons. The first kappa shape index (κ1) is 24.4. The van der Waals surface area contributed by atoms with Crippen molar-refractivity contribution in [3.05, 3.63) is 105 Å². The predicted molar refractivity (Wildman–Crippen MR) is 138 cm³/mol. The number of carbonyl (C=O) groups excluding carboxylic acids is 1. The van der Waals surface area contributed by atoms with E-state index in [2.05, 4.69) is 15.2 Å². The Morgan fingerprint density at radius 2 is 1.94 bits per heavy atom. The summed E-state index contributed by atoms with van der Waals surface area (Å²) in [6.45, 7) is 2.33. The molecule has 0 atom stereocenters. The molecule has 3 heterocycles. The van der Waals surface area contributed by atoms with Crippen LogP contribution in [0.2, 0.25) is 10.2 Å². The number of aromatic nitrogens is 2. The van der Waals surface area contributed by atoms with Crippen LogP contribution in [0.25, 0.3) is 17.0 Å². The van der Waals surface area contributed by atoms with Gasteiger partial charge in [0, 0.05) is 54.9 Å². The van der Waals surface area contributed by atoms with Gasteiger partial charge in [0.2, 0.25) is 0 Å². The Labute approximate surface area is 216 Å². The van der Waals surface area contributed by atoms with E-state index in [9.17, 15) is 13.6 Å². The molecule has 0 fully saturated rings. The molecular weight excluding hydrogens is 505 g/mol. The van der Waals surface area contributed by atoms with Gasteiger partial charge in [-0.05, 0) is 59.2 Å². The molecule has 0 saturated carbocycles. The van der Waals surface area contributed by atoms with E-state index in [0.717, 1.165) is 40.3 Å². The number of hydrogen-bond acceptors (Lipinski definition) is 3. The van der Waals surface area contributed by atoms with Crippen molar-refractivity contribution in [3.8, 4) is 0 Å². The van der Waals surface area contributed by atoms with Gasteiger partial charge in [-0.3, -0.25) is 9.47 Å². The highest BCUT2D eigenvalue weighted by Gasteiger charge is 2.26. The van der Waals surface area contributed by atoms with Gasteiger partial charge < -0.3 is 5.32 Å². The van der Waals surface area contributed by atoms with Crippen molar-refractivity contribution in [2.45, 2.75) is 19.5 Å². The number of amides is 1. The van der Waals surface area contributed by atoms with E-state index < -0.39 is 11.6 Å². The summed E-state index contributed by atoms with van der Waals surface area (Å²) < 4.78 is 28.4. The topological polar surface area (TPSA) is 50.2 Å². The lowest BCUT2D eigenvalue weighted by Gasteiger charge is -2.27. The number of rotatable bonds is 5. The van der Waals surface area contributed by atoms with Crippen LogP contribution in [0.5, 0.6) is 0 Å². The number of benzene rings is 2. The normalized spacial score (nSPS) is 13.9. The van der Waals surface area contributed by atoms with Gasteiger partial charge in [-0.1, -0.05) is 41.4 Å². The van der Waals surface area contributed by atoms with Gasteiger partial charge in [0.15, 0.2) is 11.6 Å². The maximum absolute atomic E-state index is 13.5. The van der Waals surface area contributed by atoms with E-state index >= 15 is 0 Å². The van der Waals surface area contributed by atoms with Crippen molar-refractivity contribution in [1.29, 1.82) is 0 Å². The second kappa shape index (κ2) is 10.4. The van der Waals surface area contributed by atoms with Crippen LogP contribution in [-0.4, -0.2) is 33.6 Å². The Balaban J connectivity index is 1.36. The Hall–Kier alpha value is -3.26. The lowest BCUT2D eigenvalue weighted by Crippen LogP contribution is -2.34. The Morgan fingerprint density at radius 1 is 1.08 bits per heavy atom. The van der Waals surface area contributed by atoms with Crippen molar-refractivity contribution >= 4 is 46.2 Å². The molecule has 1 N–H and O–H groups in total. The fourth-order valence-corrected chi connectivity index (χ4v) is 4.91. The van der Waals surface area contributed by atoms with Crippen LogP contribution in [-0.2, 0) is 19.5 Å². The highest BCUT2D eigenvalue weighted by Crippen LogP contribution is 2.32. The lowest BCUT2D eigenvalue weighted by molar-refractivity contribution is 0.240. The molecule has 4 aromatic rings. The molecule has 0 unspecified atom stereocenters. The molecule has 1 amide bonds. The Morgan fingerprint density at radius 3 is 2.75 bits per heavy atom. The quantitative estimate of drug-likeness (QED) is 0.304. The van der Waals surface area contributed by atoms with Gasteiger partial charge in [0.1, 0.15) is 5.15 Å². The van der Waals surface area contributed by atoms with Gasteiger partial charge in [0.25, 0.3) is 0 Å². The summed E-state index contributed by atoms with van der Waals surface area (Å²) in [6.07, 6.45) is 5.98. The molecule has 0 radical (unpaired) electrons. The van der Waals surface area contributed by atoms with Crippen molar-refractivity contribution in [2.75, 3.05) is 13.1 Å². The SMILES string of the molecule is O=C(NCc1ccnc(Cl)c1)n1c2c(c3cc(Cl)ccc31)CN(C/C=C/c1ccc(F)c(F)c1)CC2. The first-order valence-corrected chi connectivity index (χ1v) is 12.2. The fourth-order valence-electron chi connectivity index (χ4n) is 4.54. The minimum Gasteiger partial charge on any atom is -0.333 e. The summed E-state index contributed by atoms with van der Waals surface area (Å²) in [5.74, 6) is -1.73. The van der Waals surface area contributed by atoms with E-state index in [1.807, 2.05) is 18.2 Å². The zero-order valence-electron chi connectivity index (χ0n) is 19.1. The van der Waals surface area contributed by atoms with E-state index in [1.54, 1.807) is 35.0 Å². The van der Waals surface area contributed by atoms with Gasteiger partial charge in [-0.25, -0.2) is 18.6 Å². The zero-order valence-corrected chi connectivity index (χ0v) is 20.7. The second-order valence-corrected chi connectivity index (χ2v) is 9.45. The van der Waals surface area contributed by atoms with Gasteiger partial charge in [-0.2, -0.15) is 0 Å². The van der Waals surface area contributed by atoms with Crippen LogP contribution in [0.3, 0.4) is 0 Å². The summed E-state index contributed by atoms with van der Waals surface area (Å²) in [5.41, 5.74) is 4.27. The highest BCUT2D eigenvalue weighted by atomic mass is 35.5. The summed E-state index contributed by atoms with van der Waals surface area (Å²) in [4.78, 5) is 19.5. The smallest absolute Gasteiger partial charge is 0.326 e. The Bertz CT molecular complexity index is 1480. The molecule has 0 spiro atoms. The van der Waals surface area contributed by atoms with Crippen molar-refractivity contribution in [2.24, 2.45) is 0 Å². The van der Waals surface area contributed by atoms with Crippen LogP contribution in [0.15, 0.2) is 60.8 Å². The maximum Gasteiger partial charge on any atom is 0.326 e. The number of halogens is 4. The third-order valence-electron chi connectivity index (χ3n) is 6.24.